The number of aromatic nitrogens is 1. The van der Waals surface area contributed by atoms with E-state index in [0.717, 1.165) is 17.7 Å². The second kappa shape index (κ2) is 7.10. The number of nitrogens with zero attached hydrogens (tertiary/aromatic N) is 3. The average Bonchev–Trinajstić information content (AvgIpc) is 2.98. The first kappa shape index (κ1) is 18.8. The lowest BCUT2D eigenvalue weighted by molar-refractivity contribution is -0.137. The van der Waals surface area contributed by atoms with Crippen molar-refractivity contribution in [3.63, 3.8) is 0 Å². The predicted octanol–water partition coefficient (Wildman–Crippen LogP) is 3.47. The summed E-state index contributed by atoms with van der Waals surface area (Å²) >= 11 is 7.13. The first-order chi connectivity index (χ1) is 13.3. The summed E-state index contributed by atoms with van der Waals surface area (Å²) in [6.07, 6.45) is -2.67. The molecule has 0 atom stereocenters. The van der Waals surface area contributed by atoms with Crippen LogP contribution < -0.4 is 19.8 Å². The van der Waals surface area contributed by atoms with E-state index >= 15 is 0 Å². The maximum atomic E-state index is 13.0. The highest BCUT2D eigenvalue weighted by molar-refractivity contribution is 7.07. The molecule has 0 fully saturated rings. The fraction of sp³-hybridized carbons (Fsp3) is 0.158. The van der Waals surface area contributed by atoms with Gasteiger partial charge in [-0.1, -0.05) is 41.1 Å². The smallest absolute Gasteiger partial charge is 0.334 e. The lowest BCUT2D eigenvalue weighted by Gasteiger charge is -2.26. The van der Waals surface area contributed by atoms with Crippen LogP contribution in [-0.4, -0.2) is 11.2 Å². The SMILES string of the molecule is O=c1c(=Cc2ccc(Cl)cc2)sc2n1CN(c1cccc(C(F)(F)F)c1)CN=2. The van der Waals surface area contributed by atoms with Gasteiger partial charge in [0, 0.05) is 10.7 Å². The normalized spacial score (nSPS) is 14.7. The fourth-order valence-electron chi connectivity index (χ4n) is 2.86. The molecule has 0 saturated carbocycles. The Morgan fingerprint density at radius 1 is 1.14 bits per heavy atom. The first-order valence-electron chi connectivity index (χ1n) is 8.25. The van der Waals surface area contributed by atoms with E-state index in [9.17, 15) is 18.0 Å². The molecule has 3 aromatic rings. The van der Waals surface area contributed by atoms with Crippen molar-refractivity contribution in [2.75, 3.05) is 11.6 Å². The number of alkyl halides is 3. The minimum absolute atomic E-state index is 0.143. The van der Waals surface area contributed by atoms with Crippen LogP contribution in [0.2, 0.25) is 5.02 Å². The Hall–Kier alpha value is -2.58. The summed E-state index contributed by atoms with van der Waals surface area (Å²) in [5, 5.41) is 0.603. The molecule has 0 radical (unpaired) electrons. The van der Waals surface area contributed by atoms with Crippen molar-refractivity contribution in [3.05, 3.63) is 84.4 Å². The molecular weight excluding hydrogens is 411 g/mol. The predicted molar refractivity (Wildman–Crippen MR) is 103 cm³/mol. The van der Waals surface area contributed by atoms with E-state index in [4.69, 9.17) is 11.6 Å². The van der Waals surface area contributed by atoms with Crippen LogP contribution in [0.1, 0.15) is 11.1 Å². The molecule has 0 N–H and O–H groups in total. The molecule has 1 aromatic heterocycles. The maximum Gasteiger partial charge on any atom is 0.416 e. The van der Waals surface area contributed by atoms with E-state index < -0.39 is 11.7 Å². The average molecular weight is 424 g/mol. The van der Waals surface area contributed by atoms with Crippen molar-refractivity contribution in [2.45, 2.75) is 12.8 Å². The third-order valence-corrected chi connectivity index (χ3v) is 5.58. The molecule has 0 unspecified atom stereocenters. The third kappa shape index (κ3) is 3.70. The number of rotatable bonds is 2. The second-order valence-electron chi connectivity index (χ2n) is 6.21. The van der Waals surface area contributed by atoms with E-state index in [0.29, 0.717) is 20.0 Å². The summed E-state index contributed by atoms with van der Waals surface area (Å²) < 4.78 is 40.9. The van der Waals surface area contributed by atoms with Crippen LogP contribution in [0.5, 0.6) is 0 Å². The number of fused-ring (bicyclic) bond motifs is 1. The fourth-order valence-corrected chi connectivity index (χ4v) is 3.95. The molecule has 4 nitrogen and oxygen atoms in total. The van der Waals surface area contributed by atoms with Crippen LogP contribution >= 0.6 is 22.9 Å². The number of thiazole rings is 1. The van der Waals surface area contributed by atoms with Gasteiger partial charge in [-0.05, 0) is 42.0 Å². The molecule has 0 bridgehead atoms. The number of anilines is 1. The molecule has 9 heteroatoms. The van der Waals surface area contributed by atoms with Crippen molar-refractivity contribution in [3.8, 4) is 0 Å². The Balaban J connectivity index is 1.68. The summed E-state index contributed by atoms with van der Waals surface area (Å²) in [6, 6.07) is 12.1. The van der Waals surface area contributed by atoms with E-state index in [2.05, 4.69) is 4.99 Å². The first-order valence-corrected chi connectivity index (χ1v) is 9.44. The highest BCUT2D eigenvalue weighted by atomic mass is 35.5. The summed E-state index contributed by atoms with van der Waals surface area (Å²) in [6.45, 7) is 0.325. The maximum absolute atomic E-state index is 13.0. The highest BCUT2D eigenvalue weighted by Gasteiger charge is 2.31. The molecule has 1 aliphatic heterocycles. The van der Waals surface area contributed by atoms with E-state index in [1.165, 1.54) is 22.0 Å². The van der Waals surface area contributed by atoms with Gasteiger partial charge in [0.05, 0.1) is 10.1 Å². The zero-order chi connectivity index (χ0) is 19.9. The Kier molecular flexibility index (Phi) is 4.76. The van der Waals surface area contributed by atoms with Gasteiger partial charge in [0.1, 0.15) is 13.3 Å². The zero-order valence-corrected chi connectivity index (χ0v) is 15.9. The summed E-state index contributed by atoms with van der Waals surface area (Å²) in [7, 11) is 0. The summed E-state index contributed by atoms with van der Waals surface area (Å²) in [5.41, 5.74) is 0.238. The van der Waals surface area contributed by atoms with Gasteiger partial charge in [-0.3, -0.25) is 9.36 Å². The van der Waals surface area contributed by atoms with Crippen LogP contribution in [0.25, 0.3) is 6.08 Å². The van der Waals surface area contributed by atoms with Crippen molar-refractivity contribution in [1.29, 1.82) is 0 Å². The molecule has 2 heterocycles. The van der Waals surface area contributed by atoms with Gasteiger partial charge in [0.25, 0.3) is 5.56 Å². The van der Waals surface area contributed by atoms with Gasteiger partial charge in [-0.25, -0.2) is 4.99 Å². The summed E-state index contributed by atoms with van der Waals surface area (Å²) in [4.78, 5) is 19.3. The van der Waals surface area contributed by atoms with Crippen molar-refractivity contribution < 1.29 is 13.2 Å². The van der Waals surface area contributed by atoms with Crippen LogP contribution in [0.3, 0.4) is 0 Å². The number of hydrogen-bond acceptors (Lipinski definition) is 4. The molecule has 0 saturated heterocycles. The minimum Gasteiger partial charge on any atom is -0.334 e. The Labute approximate surface area is 166 Å². The zero-order valence-electron chi connectivity index (χ0n) is 14.3. The Morgan fingerprint density at radius 2 is 1.89 bits per heavy atom. The summed E-state index contributed by atoms with van der Waals surface area (Å²) in [5.74, 6) is 0. The topological polar surface area (TPSA) is 37.6 Å². The minimum atomic E-state index is -4.42. The highest BCUT2D eigenvalue weighted by Crippen LogP contribution is 2.31. The monoisotopic (exact) mass is 423 g/mol. The Morgan fingerprint density at radius 3 is 2.61 bits per heavy atom. The molecule has 0 aliphatic carbocycles. The van der Waals surface area contributed by atoms with Crippen molar-refractivity contribution >= 4 is 34.7 Å². The number of benzene rings is 2. The molecule has 1 aliphatic rings. The molecular formula is C19H13ClF3N3OS. The largest absolute Gasteiger partial charge is 0.416 e. The number of halogens is 4. The van der Waals surface area contributed by atoms with Gasteiger partial charge in [0.2, 0.25) is 0 Å². The standard InChI is InChI=1S/C19H13ClF3N3OS/c20-14-6-4-12(5-7-14)8-16-17(27)26-11-25(10-24-18(26)28-16)15-3-1-2-13(9-15)19(21,22)23/h1-9H,10-11H2. The molecule has 2 aromatic carbocycles. The van der Waals surface area contributed by atoms with Gasteiger partial charge >= 0.3 is 6.18 Å². The van der Waals surface area contributed by atoms with E-state index in [-0.39, 0.29) is 18.9 Å². The van der Waals surface area contributed by atoms with Crippen LogP contribution in [0.15, 0.2) is 58.3 Å². The van der Waals surface area contributed by atoms with Crippen LogP contribution in [0.4, 0.5) is 18.9 Å². The van der Waals surface area contributed by atoms with Crippen molar-refractivity contribution in [2.24, 2.45) is 4.99 Å². The molecule has 0 spiro atoms. The molecule has 0 amide bonds. The van der Waals surface area contributed by atoms with E-state index in [1.54, 1.807) is 41.3 Å². The van der Waals surface area contributed by atoms with Gasteiger partial charge < -0.3 is 4.90 Å². The van der Waals surface area contributed by atoms with E-state index in [1.807, 2.05) is 0 Å². The van der Waals surface area contributed by atoms with Crippen LogP contribution in [0, 0.1) is 0 Å². The van der Waals surface area contributed by atoms with Crippen molar-refractivity contribution in [1.82, 2.24) is 4.57 Å². The quantitative estimate of drug-likeness (QED) is 0.633. The van der Waals surface area contributed by atoms with Gasteiger partial charge in [-0.2, -0.15) is 13.2 Å². The lowest BCUT2D eigenvalue weighted by Crippen LogP contribution is -2.42. The molecule has 4 rings (SSSR count). The lowest BCUT2D eigenvalue weighted by atomic mass is 10.2. The second-order valence-corrected chi connectivity index (χ2v) is 7.65. The van der Waals surface area contributed by atoms with Gasteiger partial charge in [-0.15, -0.1) is 0 Å². The Bertz CT molecular complexity index is 1200. The molecule has 28 heavy (non-hydrogen) atoms. The number of hydrogen-bond donors (Lipinski definition) is 0. The third-order valence-electron chi connectivity index (χ3n) is 4.28. The van der Waals surface area contributed by atoms with Crippen LogP contribution in [-0.2, 0) is 12.8 Å². The van der Waals surface area contributed by atoms with Gasteiger partial charge in [0.15, 0.2) is 4.80 Å². The molecule has 144 valence electrons.